The van der Waals surface area contributed by atoms with Gasteiger partial charge in [0.2, 0.25) is 0 Å². The van der Waals surface area contributed by atoms with Gasteiger partial charge in [-0.2, -0.15) is 0 Å². The van der Waals surface area contributed by atoms with Crippen molar-refractivity contribution in [3.05, 3.63) is 0 Å². The van der Waals surface area contributed by atoms with E-state index < -0.39 is 5.97 Å². The first-order valence-electron chi connectivity index (χ1n) is 5.83. The van der Waals surface area contributed by atoms with Gasteiger partial charge in [-0.05, 0) is 39.3 Å². The van der Waals surface area contributed by atoms with Gasteiger partial charge in [-0.3, -0.25) is 9.69 Å². The van der Waals surface area contributed by atoms with Crippen LogP contribution in [0.2, 0.25) is 0 Å². The molecule has 0 aromatic carbocycles. The minimum atomic E-state index is -0.698. The fourth-order valence-corrected chi connectivity index (χ4v) is 2.48. The fraction of sp³-hybridized carbons (Fsp3) is 0.909. The molecular weight excluding hydrogens is 192 g/mol. The van der Waals surface area contributed by atoms with Crippen molar-refractivity contribution in [3.63, 3.8) is 0 Å². The van der Waals surface area contributed by atoms with Crippen LogP contribution in [0.4, 0.5) is 0 Å². The second-order valence-corrected chi connectivity index (χ2v) is 4.83. The standard InChI is InChI=1S/C11H20N2O2/c1-12(9-4-5-9)7-10-3-2-6-13(10)8-11(14)15/h9-10H,2-8H2,1H3,(H,14,15). The third-order valence-electron chi connectivity index (χ3n) is 3.51. The number of carboxylic acids is 1. The normalized spacial score (nSPS) is 27.5. The summed E-state index contributed by atoms with van der Waals surface area (Å²) in [6.45, 7) is 2.20. The SMILES string of the molecule is CN(CC1CCCN1CC(=O)O)C1CC1. The van der Waals surface area contributed by atoms with Gasteiger partial charge >= 0.3 is 5.97 Å². The summed E-state index contributed by atoms with van der Waals surface area (Å²) < 4.78 is 0. The number of carbonyl (C=O) groups is 1. The summed E-state index contributed by atoms with van der Waals surface area (Å²) in [6, 6.07) is 1.24. The van der Waals surface area contributed by atoms with E-state index in [1.54, 1.807) is 0 Å². The lowest BCUT2D eigenvalue weighted by Gasteiger charge is -2.27. The Morgan fingerprint density at radius 1 is 1.47 bits per heavy atom. The largest absolute Gasteiger partial charge is 0.480 e. The number of hydrogen-bond donors (Lipinski definition) is 1. The van der Waals surface area contributed by atoms with E-state index in [1.807, 2.05) is 0 Å². The van der Waals surface area contributed by atoms with E-state index in [1.165, 1.54) is 12.8 Å². The summed E-state index contributed by atoms with van der Waals surface area (Å²) in [5.41, 5.74) is 0. The van der Waals surface area contributed by atoms with Gasteiger partial charge in [0.1, 0.15) is 0 Å². The average molecular weight is 212 g/mol. The third-order valence-corrected chi connectivity index (χ3v) is 3.51. The van der Waals surface area contributed by atoms with Crippen LogP contribution in [0.25, 0.3) is 0 Å². The highest BCUT2D eigenvalue weighted by atomic mass is 16.4. The molecule has 2 rings (SSSR count). The van der Waals surface area contributed by atoms with Crippen molar-refractivity contribution in [1.82, 2.24) is 9.80 Å². The lowest BCUT2D eigenvalue weighted by molar-refractivity contribution is -0.138. The molecule has 86 valence electrons. The second kappa shape index (κ2) is 4.49. The Kier molecular flexibility index (Phi) is 3.26. The van der Waals surface area contributed by atoms with E-state index in [4.69, 9.17) is 5.11 Å². The van der Waals surface area contributed by atoms with Crippen LogP contribution in [0.1, 0.15) is 25.7 Å². The summed E-state index contributed by atoms with van der Waals surface area (Å²) in [4.78, 5) is 15.2. The highest BCUT2D eigenvalue weighted by Gasteiger charge is 2.32. The van der Waals surface area contributed by atoms with Crippen LogP contribution in [-0.2, 0) is 4.79 Å². The fourth-order valence-electron chi connectivity index (χ4n) is 2.48. The van der Waals surface area contributed by atoms with Gasteiger partial charge in [0.25, 0.3) is 0 Å². The van der Waals surface area contributed by atoms with Crippen molar-refractivity contribution in [2.45, 2.75) is 37.8 Å². The van der Waals surface area contributed by atoms with Crippen LogP contribution >= 0.6 is 0 Å². The van der Waals surface area contributed by atoms with Crippen molar-refractivity contribution < 1.29 is 9.90 Å². The first kappa shape index (κ1) is 10.9. The van der Waals surface area contributed by atoms with E-state index in [0.717, 1.165) is 32.0 Å². The van der Waals surface area contributed by atoms with E-state index in [2.05, 4.69) is 16.8 Å². The van der Waals surface area contributed by atoms with Gasteiger partial charge in [-0.15, -0.1) is 0 Å². The molecule has 2 aliphatic rings. The maximum atomic E-state index is 10.7. The zero-order chi connectivity index (χ0) is 10.8. The number of likely N-dealkylation sites (tertiary alicyclic amines) is 1. The van der Waals surface area contributed by atoms with Crippen molar-refractivity contribution >= 4 is 5.97 Å². The number of likely N-dealkylation sites (N-methyl/N-ethyl adjacent to an activating group) is 1. The van der Waals surface area contributed by atoms with Crippen molar-refractivity contribution in [1.29, 1.82) is 0 Å². The van der Waals surface area contributed by atoms with Gasteiger partial charge in [0.15, 0.2) is 0 Å². The van der Waals surface area contributed by atoms with Crippen LogP contribution in [-0.4, -0.2) is 59.6 Å². The molecule has 15 heavy (non-hydrogen) atoms. The summed E-state index contributed by atoms with van der Waals surface area (Å²) in [5.74, 6) is -0.698. The van der Waals surface area contributed by atoms with Crippen LogP contribution in [0, 0.1) is 0 Å². The van der Waals surface area contributed by atoms with E-state index >= 15 is 0 Å². The van der Waals surface area contributed by atoms with Crippen molar-refractivity contribution in [2.75, 3.05) is 26.7 Å². The molecule has 1 N–H and O–H groups in total. The van der Waals surface area contributed by atoms with Gasteiger partial charge < -0.3 is 10.0 Å². The van der Waals surface area contributed by atoms with Crippen molar-refractivity contribution in [3.8, 4) is 0 Å². The molecule has 0 radical (unpaired) electrons. The molecule has 1 unspecified atom stereocenters. The Morgan fingerprint density at radius 2 is 2.20 bits per heavy atom. The van der Waals surface area contributed by atoms with Gasteiger partial charge in [0.05, 0.1) is 6.54 Å². The van der Waals surface area contributed by atoms with Gasteiger partial charge in [-0.1, -0.05) is 0 Å². The molecule has 0 bridgehead atoms. The minimum Gasteiger partial charge on any atom is -0.480 e. The topological polar surface area (TPSA) is 43.8 Å². The smallest absolute Gasteiger partial charge is 0.317 e. The van der Waals surface area contributed by atoms with E-state index in [9.17, 15) is 4.79 Å². The number of nitrogens with zero attached hydrogens (tertiary/aromatic N) is 2. The second-order valence-electron chi connectivity index (χ2n) is 4.83. The predicted molar refractivity (Wildman–Crippen MR) is 57.9 cm³/mol. The molecule has 0 aromatic heterocycles. The van der Waals surface area contributed by atoms with Crippen LogP contribution < -0.4 is 0 Å². The highest BCUT2D eigenvalue weighted by molar-refractivity contribution is 5.69. The molecule has 2 fully saturated rings. The van der Waals surface area contributed by atoms with Gasteiger partial charge in [0, 0.05) is 18.6 Å². The van der Waals surface area contributed by atoms with Crippen LogP contribution in [0.3, 0.4) is 0 Å². The zero-order valence-electron chi connectivity index (χ0n) is 9.35. The Labute approximate surface area is 90.9 Å². The number of hydrogen-bond acceptors (Lipinski definition) is 3. The number of rotatable bonds is 5. The quantitative estimate of drug-likeness (QED) is 0.726. The average Bonchev–Trinajstić information content (AvgIpc) is 2.92. The Hall–Kier alpha value is -0.610. The molecule has 1 heterocycles. The van der Waals surface area contributed by atoms with E-state index in [-0.39, 0.29) is 6.54 Å². The maximum Gasteiger partial charge on any atom is 0.317 e. The molecule has 1 aliphatic heterocycles. The maximum absolute atomic E-state index is 10.7. The molecule has 1 atom stereocenters. The lowest BCUT2D eigenvalue weighted by Crippen LogP contribution is -2.41. The highest BCUT2D eigenvalue weighted by Crippen LogP contribution is 2.27. The van der Waals surface area contributed by atoms with Crippen LogP contribution in [0.15, 0.2) is 0 Å². The first-order chi connectivity index (χ1) is 7.16. The molecule has 1 aliphatic carbocycles. The van der Waals surface area contributed by atoms with Crippen LogP contribution in [0.5, 0.6) is 0 Å². The summed E-state index contributed by atoms with van der Waals surface area (Å²) >= 11 is 0. The molecule has 0 amide bonds. The predicted octanol–water partition coefficient (Wildman–Crippen LogP) is 0.630. The molecular formula is C11H20N2O2. The summed E-state index contributed by atoms with van der Waals surface area (Å²) in [7, 11) is 2.16. The third kappa shape index (κ3) is 2.92. The lowest BCUT2D eigenvalue weighted by atomic mass is 10.2. The minimum absolute atomic E-state index is 0.211. The molecule has 0 spiro atoms. The molecule has 4 nitrogen and oxygen atoms in total. The molecule has 1 saturated carbocycles. The Bertz CT molecular complexity index is 241. The first-order valence-corrected chi connectivity index (χ1v) is 5.83. The molecule has 1 saturated heterocycles. The Morgan fingerprint density at radius 3 is 2.80 bits per heavy atom. The number of carboxylic acid groups (broad SMARTS) is 1. The summed E-state index contributed by atoms with van der Waals surface area (Å²) in [5, 5.41) is 8.79. The van der Waals surface area contributed by atoms with Crippen molar-refractivity contribution in [2.24, 2.45) is 0 Å². The summed E-state index contributed by atoms with van der Waals surface area (Å²) in [6.07, 6.45) is 4.95. The molecule has 0 aromatic rings. The zero-order valence-corrected chi connectivity index (χ0v) is 9.35. The molecule has 4 heteroatoms. The number of aliphatic carboxylic acids is 1. The Balaban J connectivity index is 1.81. The van der Waals surface area contributed by atoms with Gasteiger partial charge in [-0.25, -0.2) is 0 Å². The van der Waals surface area contributed by atoms with E-state index in [0.29, 0.717) is 6.04 Å². The monoisotopic (exact) mass is 212 g/mol.